The maximum absolute atomic E-state index is 12.3. The quantitative estimate of drug-likeness (QED) is 0.816. The topological polar surface area (TPSA) is 70.4 Å². The van der Waals surface area contributed by atoms with Crippen LogP contribution in [0, 0.1) is 0 Å². The van der Waals surface area contributed by atoms with Gasteiger partial charge in [-0.1, -0.05) is 11.8 Å². The third-order valence-corrected chi connectivity index (χ3v) is 3.32. The van der Waals surface area contributed by atoms with E-state index in [0.717, 1.165) is 23.9 Å². The van der Waals surface area contributed by atoms with Crippen LogP contribution in [0.15, 0.2) is 23.4 Å². The molecular weight excluding hydrogens is 283 g/mol. The molecule has 0 saturated heterocycles. The van der Waals surface area contributed by atoms with E-state index in [4.69, 9.17) is 10.2 Å². The fraction of sp³-hybridized carbons (Fsp3) is 0.455. The number of alkyl halides is 3. The second kappa shape index (κ2) is 6.25. The molecule has 2 N–H and O–H groups in total. The molecule has 106 valence electrons. The zero-order valence-corrected chi connectivity index (χ0v) is 10.7. The van der Waals surface area contributed by atoms with E-state index < -0.39 is 29.1 Å². The minimum atomic E-state index is -4.47. The van der Waals surface area contributed by atoms with E-state index in [0.29, 0.717) is 6.20 Å². The molecule has 0 bridgehead atoms. The van der Waals surface area contributed by atoms with E-state index in [1.165, 1.54) is 6.92 Å². The maximum atomic E-state index is 12.3. The number of aromatic nitrogens is 1. The number of rotatable bonds is 5. The Morgan fingerprint density at radius 3 is 2.47 bits per heavy atom. The highest BCUT2D eigenvalue weighted by Crippen LogP contribution is 2.31. The Morgan fingerprint density at radius 1 is 1.47 bits per heavy atom. The van der Waals surface area contributed by atoms with Gasteiger partial charge in [0.1, 0.15) is 5.25 Å². The molecule has 0 aliphatic rings. The molecule has 0 spiro atoms. The number of aliphatic hydroxyl groups is 1. The number of aliphatic hydroxyl groups excluding tert-OH is 1. The molecule has 8 heteroatoms. The summed E-state index contributed by atoms with van der Waals surface area (Å²) in [5, 5.41) is 17.3. The van der Waals surface area contributed by atoms with E-state index in [1.807, 2.05) is 0 Å². The average Bonchev–Trinajstić information content (AvgIpc) is 2.27. The summed E-state index contributed by atoms with van der Waals surface area (Å²) < 4.78 is 36.9. The van der Waals surface area contributed by atoms with Crippen LogP contribution in [0.3, 0.4) is 0 Å². The number of carboxylic acids is 1. The molecule has 0 aliphatic heterocycles. The molecule has 0 saturated carbocycles. The maximum Gasteiger partial charge on any atom is 0.417 e. The molecule has 0 fully saturated rings. The van der Waals surface area contributed by atoms with Crippen molar-refractivity contribution in [2.45, 2.75) is 35.9 Å². The van der Waals surface area contributed by atoms with Crippen LogP contribution in [0.2, 0.25) is 0 Å². The van der Waals surface area contributed by atoms with Gasteiger partial charge in [0.15, 0.2) is 0 Å². The van der Waals surface area contributed by atoms with Crippen LogP contribution < -0.4 is 0 Å². The fourth-order valence-corrected chi connectivity index (χ4v) is 2.30. The Kier molecular flexibility index (Phi) is 5.19. The van der Waals surface area contributed by atoms with Gasteiger partial charge in [-0.15, -0.1) is 0 Å². The molecule has 1 heterocycles. The van der Waals surface area contributed by atoms with Crippen LogP contribution in [-0.2, 0) is 11.0 Å². The summed E-state index contributed by atoms with van der Waals surface area (Å²) in [5.74, 6) is -1.15. The summed E-state index contributed by atoms with van der Waals surface area (Å²) in [6.07, 6.45) is -4.64. The Balaban J connectivity index is 2.78. The summed E-state index contributed by atoms with van der Waals surface area (Å²) >= 11 is 0.806. The largest absolute Gasteiger partial charge is 0.480 e. The predicted octanol–water partition coefficient (Wildman–Crippen LogP) is 2.42. The Labute approximate surface area is 111 Å². The summed E-state index contributed by atoms with van der Waals surface area (Å²) in [5.41, 5.74) is -0.890. The summed E-state index contributed by atoms with van der Waals surface area (Å²) in [4.78, 5) is 14.5. The van der Waals surface area contributed by atoms with Gasteiger partial charge in [0, 0.05) is 6.20 Å². The number of halogens is 3. The predicted molar refractivity (Wildman–Crippen MR) is 62.8 cm³/mol. The smallest absolute Gasteiger partial charge is 0.417 e. The monoisotopic (exact) mass is 295 g/mol. The molecule has 19 heavy (non-hydrogen) atoms. The highest BCUT2D eigenvalue weighted by molar-refractivity contribution is 8.00. The van der Waals surface area contributed by atoms with Crippen LogP contribution in [-0.4, -0.2) is 32.5 Å². The van der Waals surface area contributed by atoms with Crippen molar-refractivity contribution in [2.24, 2.45) is 0 Å². The molecular formula is C11H12F3NO3S. The van der Waals surface area contributed by atoms with Gasteiger partial charge in [0.25, 0.3) is 0 Å². The van der Waals surface area contributed by atoms with Crippen LogP contribution in [0.5, 0.6) is 0 Å². The first-order valence-corrected chi connectivity index (χ1v) is 6.19. The first-order valence-electron chi connectivity index (χ1n) is 5.31. The van der Waals surface area contributed by atoms with Crippen LogP contribution >= 0.6 is 11.8 Å². The fourth-order valence-electron chi connectivity index (χ4n) is 1.27. The third-order valence-electron chi connectivity index (χ3n) is 2.16. The van der Waals surface area contributed by atoms with Gasteiger partial charge in [-0.25, -0.2) is 4.98 Å². The molecule has 1 aromatic heterocycles. The minimum Gasteiger partial charge on any atom is -0.480 e. The molecule has 2 atom stereocenters. The first-order chi connectivity index (χ1) is 8.70. The van der Waals surface area contributed by atoms with E-state index in [2.05, 4.69) is 4.98 Å². The number of carboxylic acid groups (broad SMARTS) is 1. The Morgan fingerprint density at radius 2 is 2.11 bits per heavy atom. The highest BCUT2D eigenvalue weighted by Gasteiger charge is 2.31. The van der Waals surface area contributed by atoms with Crippen LogP contribution in [0.1, 0.15) is 18.9 Å². The second-order valence-electron chi connectivity index (χ2n) is 3.91. The number of hydrogen-bond acceptors (Lipinski definition) is 4. The Bertz CT molecular complexity index is 434. The van der Waals surface area contributed by atoms with Gasteiger partial charge >= 0.3 is 12.1 Å². The van der Waals surface area contributed by atoms with Gasteiger partial charge in [-0.2, -0.15) is 13.2 Å². The normalized spacial score (nSPS) is 15.0. The number of nitrogens with zero attached hydrogens (tertiary/aromatic N) is 1. The number of pyridine rings is 1. The van der Waals surface area contributed by atoms with Gasteiger partial charge in [-0.3, -0.25) is 4.79 Å². The number of aliphatic carboxylic acids is 1. The average molecular weight is 295 g/mol. The van der Waals surface area contributed by atoms with Crippen molar-refractivity contribution in [3.8, 4) is 0 Å². The van der Waals surface area contributed by atoms with Crippen molar-refractivity contribution >= 4 is 17.7 Å². The van der Waals surface area contributed by atoms with Gasteiger partial charge in [0.05, 0.1) is 16.7 Å². The van der Waals surface area contributed by atoms with Crippen molar-refractivity contribution < 1.29 is 28.2 Å². The van der Waals surface area contributed by atoms with Crippen molar-refractivity contribution in [1.29, 1.82) is 0 Å². The minimum absolute atomic E-state index is 0.0112. The lowest BCUT2D eigenvalue weighted by Gasteiger charge is -2.13. The van der Waals surface area contributed by atoms with Gasteiger partial charge in [-0.05, 0) is 25.5 Å². The van der Waals surface area contributed by atoms with Gasteiger partial charge < -0.3 is 10.2 Å². The van der Waals surface area contributed by atoms with E-state index in [1.54, 1.807) is 0 Å². The number of hydrogen-bond donors (Lipinski definition) is 2. The van der Waals surface area contributed by atoms with E-state index in [9.17, 15) is 18.0 Å². The lowest BCUT2D eigenvalue weighted by atomic mass is 10.2. The Hall–Kier alpha value is -1.28. The lowest BCUT2D eigenvalue weighted by molar-refractivity contribution is -0.138. The molecule has 0 radical (unpaired) electrons. The summed E-state index contributed by atoms with van der Waals surface area (Å²) in [6.45, 7) is 1.44. The third kappa shape index (κ3) is 5.07. The first kappa shape index (κ1) is 15.8. The van der Waals surface area contributed by atoms with Crippen LogP contribution in [0.25, 0.3) is 0 Å². The molecule has 0 aromatic carbocycles. The summed E-state index contributed by atoms with van der Waals surface area (Å²) in [6, 6.07) is 1.96. The molecule has 1 aromatic rings. The van der Waals surface area contributed by atoms with Crippen molar-refractivity contribution in [3.05, 3.63) is 23.9 Å². The zero-order valence-electron chi connectivity index (χ0n) is 9.89. The second-order valence-corrected chi connectivity index (χ2v) is 5.14. The van der Waals surface area contributed by atoms with Crippen molar-refractivity contribution in [1.82, 2.24) is 4.98 Å². The number of carbonyl (C=O) groups is 1. The molecule has 0 unspecified atom stereocenters. The summed E-state index contributed by atoms with van der Waals surface area (Å²) in [7, 11) is 0. The molecule has 0 aliphatic carbocycles. The van der Waals surface area contributed by atoms with Crippen molar-refractivity contribution in [2.75, 3.05) is 0 Å². The standard InChI is InChI=1S/C11H12F3NO3S/c1-6(16)4-8(10(17)18)19-9-3-2-7(5-15-9)11(12,13)14/h2-3,5-6,8,16H,4H2,1H3,(H,17,18)/t6-,8-/m0/s1. The number of thioether (sulfide) groups is 1. The SMILES string of the molecule is C[C@H](O)C[C@H](Sc1ccc(C(F)(F)F)cn1)C(=O)O. The zero-order chi connectivity index (χ0) is 14.6. The van der Waals surface area contributed by atoms with E-state index in [-0.39, 0.29) is 11.4 Å². The molecule has 1 rings (SSSR count). The molecule has 4 nitrogen and oxygen atoms in total. The van der Waals surface area contributed by atoms with E-state index >= 15 is 0 Å². The van der Waals surface area contributed by atoms with Crippen molar-refractivity contribution in [3.63, 3.8) is 0 Å². The molecule has 0 amide bonds. The highest BCUT2D eigenvalue weighted by atomic mass is 32.2. The van der Waals surface area contributed by atoms with Gasteiger partial charge in [0.2, 0.25) is 0 Å². The van der Waals surface area contributed by atoms with Crippen LogP contribution in [0.4, 0.5) is 13.2 Å². The lowest BCUT2D eigenvalue weighted by Crippen LogP contribution is -2.21.